The Labute approximate surface area is 149 Å². The van der Waals surface area contributed by atoms with Crippen LogP contribution in [0, 0.1) is 0 Å². The first-order chi connectivity index (χ1) is 10.9. The topological polar surface area (TPSA) is 87.7 Å². The molecule has 1 aromatic carbocycles. The number of nitrogens with zero attached hydrogens (tertiary/aromatic N) is 1. The molecule has 2 rings (SSSR count). The largest absolute Gasteiger partial charge is 0.378 e. The summed E-state index contributed by atoms with van der Waals surface area (Å²) in [4.78, 5) is 14.2. The highest BCUT2D eigenvalue weighted by Gasteiger charge is 2.20. The molecule has 1 atom stereocenters. The van der Waals surface area contributed by atoms with E-state index in [1.165, 1.54) is 12.1 Å². The number of rotatable bonds is 6. The number of morpholine rings is 1. The molecule has 0 saturated carbocycles. The summed E-state index contributed by atoms with van der Waals surface area (Å²) in [6.45, 7) is 4.36. The summed E-state index contributed by atoms with van der Waals surface area (Å²) in [6.07, 6.45) is 0. The summed E-state index contributed by atoms with van der Waals surface area (Å²) >= 11 is 0. The van der Waals surface area contributed by atoms with Crippen molar-refractivity contribution in [2.24, 2.45) is 0 Å². The van der Waals surface area contributed by atoms with Crippen molar-refractivity contribution < 1.29 is 17.9 Å². The highest BCUT2D eigenvalue weighted by molar-refractivity contribution is 7.89. The van der Waals surface area contributed by atoms with Gasteiger partial charge in [-0.2, -0.15) is 0 Å². The minimum Gasteiger partial charge on any atom is -0.378 e. The van der Waals surface area contributed by atoms with Gasteiger partial charge >= 0.3 is 0 Å². The van der Waals surface area contributed by atoms with E-state index in [1.807, 2.05) is 6.92 Å². The molecule has 9 heteroatoms. The number of likely N-dealkylation sites (N-methyl/N-ethyl adjacent to an activating group) is 1. The second kappa shape index (κ2) is 9.33. The number of ether oxygens (including phenoxy) is 1. The zero-order valence-corrected chi connectivity index (χ0v) is 15.5. The maximum atomic E-state index is 12.3. The third kappa shape index (κ3) is 5.42. The molecule has 1 aromatic rings. The average molecular weight is 378 g/mol. The molecule has 7 nitrogen and oxygen atoms in total. The molecule has 24 heavy (non-hydrogen) atoms. The minimum atomic E-state index is -3.57. The van der Waals surface area contributed by atoms with Crippen LogP contribution < -0.4 is 10.0 Å². The smallest absolute Gasteiger partial charge is 0.254 e. The van der Waals surface area contributed by atoms with E-state index < -0.39 is 10.0 Å². The predicted molar refractivity (Wildman–Crippen MR) is 94.1 cm³/mol. The van der Waals surface area contributed by atoms with Gasteiger partial charge in [0.05, 0.1) is 18.1 Å². The summed E-state index contributed by atoms with van der Waals surface area (Å²) in [6, 6.07) is 6.05. The van der Waals surface area contributed by atoms with Gasteiger partial charge in [-0.25, -0.2) is 13.1 Å². The Morgan fingerprint density at radius 3 is 2.38 bits per heavy atom. The van der Waals surface area contributed by atoms with Gasteiger partial charge in [-0.3, -0.25) is 4.79 Å². The van der Waals surface area contributed by atoms with E-state index in [0.29, 0.717) is 38.4 Å². The lowest BCUT2D eigenvalue weighted by molar-refractivity contribution is 0.0303. The number of carbonyl (C=O) groups is 1. The quantitative estimate of drug-likeness (QED) is 0.752. The van der Waals surface area contributed by atoms with Crippen LogP contribution in [0.2, 0.25) is 0 Å². The van der Waals surface area contributed by atoms with Crippen molar-refractivity contribution in [2.75, 3.05) is 39.9 Å². The van der Waals surface area contributed by atoms with Gasteiger partial charge in [0, 0.05) is 31.2 Å². The molecule has 0 radical (unpaired) electrons. The van der Waals surface area contributed by atoms with Crippen LogP contribution in [-0.2, 0) is 14.8 Å². The number of sulfonamides is 1. The Morgan fingerprint density at radius 2 is 1.83 bits per heavy atom. The van der Waals surface area contributed by atoms with E-state index in [-0.39, 0.29) is 29.3 Å². The maximum absolute atomic E-state index is 12.3. The van der Waals surface area contributed by atoms with Crippen molar-refractivity contribution in [3.63, 3.8) is 0 Å². The maximum Gasteiger partial charge on any atom is 0.254 e. The van der Waals surface area contributed by atoms with Crippen molar-refractivity contribution in [1.29, 1.82) is 0 Å². The Kier molecular flexibility index (Phi) is 8.11. The molecule has 1 aliphatic heterocycles. The summed E-state index contributed by atoms with van der Waals surface area (Å²) in [5.74, 6) is -0.103. The first kappa shape index (κ1) is 20.9. The van der Waals surface area contributed by atoms with E-state index >= 15 is 0 Å². The number of hydrogen-bond donors (Lipinski definition) is 2. The monoisotopic (exact) mass is 377 g/mol. The number of hydrogen-bond acceptors (Lipinski definition) is 5. The molecule has 1 unspecified atom stereocenters. The van der Waals surface area contributed by atoms with Gasteiger partial charge in [-0.15, -0.1) is 12.4 Å². The summed E-state index contributed by atoms with van der Waals surface area (Å²) in [7, 11) is -1.80. The molecule has 1 aliphatic rings. The molecule has 1 heterocycles. The third-order valence-corrected chi connectivity index (χ3v) is 5.22. The number of halogens is 1. The van der Waals surface area contributed by atoms with Crippen molar-refractivity contribution in [1.82, 2.24) is 14.9 Å². The number of carbonyl (C=O) groups excluding carboxylic acids is 1. The van der Waals surface area contributed by atoms with E-state index in [0.717, 1.165) is 0 Å². The second-order valence-corrected chi connectivity index (χ2v) is 7.24. The zero-order chi connectivity index (χ0) is 16.9. The molecule has 0 aromatic heterocycles. The SMILES string of the molecule is CNC(C)CNS(=O)(=O)c1ccc(C(=O)N2CCOCC2)cc1.Cl. The van der Waals surface area contributed by atoms with Crippen LogP contribution in [0.3, 0.4) is 0 Å². The van der Waals surface area contributed by atoms with E-state index in [1.54, 1.807) is 24.1 Å². The lowest BCUT2D eigenvalue weighted by Crippen LogP contribution is -2.40. The van der Waals surface area contributed by atoms with Gasteiger partial charge in [0.2, 0.25) is 10.0 Å². The fraction of sp³-hybridized carbons (Fsp3) is 0.533. The first-order valence-corrected chi connectivity index (χ1v) is 9.06. The minimum absolute atomic E-state index is 0. The number of nitrogens with one attached hydrogen (secondary N) is 2. The van der Waals surface area contributed by atoms with E-state index in [4.69, 9.17) is 4.74 Å². The van der Waals surface area contributed by atoms with Gasteiger partial charge in [-0.05, 0) is 38.2 Å². The van der Waals surface area contributed by atoms with Crippen LogP contribution in [0.25, 0.3) is 0 Å². The van der Waals surface area contributed by atoms with E-state index in [9.17, 15) is 13.2 Å². The van der Waals surface area contributed by atoms with Gasteiger partial charge in [0.1, 0.15) is 0 Å². The molecule has 0 bridgehead atoms. The average Bonchev–Trinajstić information content (AvgIpc) is 2.60. The van der Waals surface area contributed by atoms with Gasteiger partial charge in [0.15, 0.2) is 0 Å². The van der Waals surface area contributed by atoms with E-state index in [2.05, 4.69) is 10.0 Å². The normalized spacial score (nSPS) is 16.3. The molecule has 2 N–H and O–H groups in total. The van der Waals surface area contributed by atoms with Gasteiger partial charge in [0.25, 0.3) is 5.91 Å². The Bertz CT molecular complexity index is 631. The lowest BCUT2D eigenvalue weighted by Gasteiger charge is -2.26. The zero-order valence-electron chi connectivity index (χ0n) is 13.8. The molecule has 1 saturated heterocycles. The van der Waals surface area contributed by atoms with Crippen LogP contribution in [0.5, 0.6) is 0 Å². The van der Waals surface area contributed by atoms with Crippen LogP contribution in [0.4, 0.5) is 0 Å². The number of amides is 1. The highest BCUT2D eigenvalue weighted by atomic mass is 35.5. The van der Waals surface area contributed by atoms with Gasteiger partial charge in [-0.1, -0.05) is 0 Å². The Hall–Kier alpha value is -1.19. The third-order valence-electron chi connectivity index (χ3n) is 3.78. The first-order valence-electron chi connectivity index (χ1n) is 7.58. The molecule has 0 aliphatic carbocycles. The molecule has 1 amide bonds. The van der Waals surface area contributed by atoms with Gasteiger partial charge < -0.3 is 15.0 Å². The van der Waals surface area contributed by atoms with Crippen LogP contribution in [0.1, 0.15) is 17.3 Å². The molecule has 136 valence electrons. The Morgan fingerprint density at radius 1 is 1.25 bits per heavy atom. The van der Waals surface area contributed by atoms with Crippen LogP contribution in [-0.4, -0.2) is 65.2 Å². The second-order valence-electron chi connectivity index (χ2n) is 5.47. The summed E-state index contributed by atoms with van der Waals surface area (Å²) in [5.41, 5.74) is 0.481. The molecular formula is C15H24ClN3O4S. The van der Waals surface area contributed by atoms with Crippen molar-refractivity contribution in [3.05, 3.63) is 29.8 Å². The standard InChI is InChI=1S/C15H23N3O4S.ClH/c1-12(16-2)11-17-23(20,21)14-5-3-13(4-6-14)15(19)18-7-9-22-10-8-18;/h3-6,12,16-17H,7-11H2,1-2H3;1H. The predicted octanol–water partition coefficient (Wildman–Crippen LogP) is 0.467. The fourth-order valence-corrected chi connectivity index (χ4v) is 3.28. The van der Waals surface area contributed by atoms with Crippen LogP contribution >= 0.6 is 12.4 Å². The summed E-state index contributed by atoms with van der Waals surface area (Å²) in [5, 5.41) is 2.96. The molecule has 1 fully saturated rings. The van der Waals surface area contributed by atoms with Crippen LogP contribution in [0.15, 0.2) is 29.2 Å². The van der Waals surface area contributed by atoms with Crippen molar-refractivity contribution >= 4 is 28.3 Å². The highest BCUT2D eigenvalue weighted by Crippen LogP contribution is 2.13. The molecular weight excluding hydrogens is 354 g/mol. The van der Waals surface area contributed by atoms with Crippen molar-refractivity contribution in [2.45, 2.75) is 17.9 Å². The summed E-state index contributed by atoms with van der Waals surface area (Å²) < 4.78 is 32.1. The van der Waals surface area contributed by atoms with Crippen molar-refractivity contribution in [3.8, 4) is 0 Å². The Balaban J connectivity index is 0.00000288. The lowest BCUT2D eigenvalue weighted by atomic mass is 10.2. The fourth-order valence-electron chi connectivity index (χ4n) is 2.15. The number of benzene rings is 1. The molecule has 0 spiro atoms.